The first kappa shape index (κ1) is 20.3. The summed E-state index contributed by atoms with van der Waals surface area (Å²) in [5, 5.41) is 5.03. The van der Waals surface area contributed by atoms with Crippen molar-refractivity contribution in [1.29, 1.82) is 0 Å². The van der Waals surface area contributed by atoms with Crippen LogP contribution < -0.4 is 0 Å². The van der Waals surface area contributed by atoms with Gasteiger partial charge in [-0.1, -0.05) is 72.8 Å². The van der Waals surface area contributed by atoms with Gasteiger partial charge in [-0.2, -0.15) is 0 Å². The summed E-state index contributed by atoms with van der Waals surface area (Å²) >= 11 is 0. The largest absolute Gasteiger partial charge is 0.264 e. The normalized spacial score (nSPS) is 11.2. The highest BCUT2D eigenvalue weighted by Gasteiger charge is 2.17. The number of aromatic nitrogens is 2. The molecule has 4 aromatic carbocycles. The smallest absolute Gasteiger partial charge is 0.0352 e. The molecule has 0 amide bonds. The zero-order valence-electron chi connectivity index (χ0n) is 19.3. The third kappa shape index (κ3) is 3.27. The summed E-state index contributed by atoms with van der Waals surface area (Å²) in [4.78, 5) is 9.07. The lowest BCUT2D eigenvalue weighted by molar-refractivity contribution is 1.31. The fourth-order valence-electron chi connectivity index (χ4n) is 5.19. The summed E-state index contributed by atoms with van der Waals surface area (Å²) in [5.74, 6) is 0. The molecule has 0 unspecified atom stereocenters. The minimum atomic E-state index is 1.13. The van der Waals surface area contributed by atoms with Crippen molar-refractivity contribution >= 4 is 21.5 Å². The number of fused-ring (bicyclic) bond motifs is 2. The van der Waals surface area contributed by atoms with Crippen LogP contribution in [0.1, 0.15) is 11.1 Å². The van der Waals surface area contributed by atoms with Gasteiger partial charge in [0.15, 0.2) is 0 Å². The van der Waals surface area contributed by atoms with E-state index in [1.807, 2.05) is 24.8 Å². The third-order valence-electron chi connectivity index (χ3n) is 6.74. The molecule has 2 nitrogen and oxygen atoms in total. The maximum Gasteiger partial charge on any atom is 0.0352 e. The Bertz CT molecular complexity index is 1540. The molecular formula is C32H24N2. The van der Waals surface area contributed by atoms with E-state index >= 15 is 0 Å². The Morgan fingerprint density at radius 1 is 0.412 bits per heavy atom. The lowest BCUT2D eigenvalue weighted by Crippen LogP contribution is -1.93. The zero-order chi connectivity index (χ0) is 23.1. The molecule has 0 aliphatic carbocycles. The Kier molecular flexibility index (Phi) is 4.92. The third-order valence-corrected chi connectivity index (χ3v) is 6.74. The Hall–Kier alpha value is -4.30. The molecule has 34 heavy (non-hydrogen) atoms. The zero-order valence-corrected chi connectivity index (χ0v) is 19.3. The molecule has 2 heteroatoms. The van der Waals surface area contributed by atoms with Crippen molar-refractivity contribution in [1.82, 2.24) is 9.97 Å². The van der Waals surface area contributed by atoms with Gasteiger partial charge in [0.25, 0.3) is 0 Å². The topological polar surface area (TPSA) is 25.8 Å². The molecule has 6 rings (SSSR count). The van der Waals surface area contributed by atoms with Gasteiger partial charge in [-0.15, -0.1) is 0 Å². The number of benzene rings is 4. The molecule has 2 heterocycles. The van der Waals surface area contributed by atoms with Crippen molar-refractivity contribution in [3.05, 3.63) is 121 Å². The minimum absolute atomic E-state index is 1.13. The van der Waals surface area contributed by atoms with E-state index in [0.29, 0.717) is 0 Å². The van der Waals surface area contributed by atoms with E-state index in [9.17, 15) is 0 Å². The summed E-state index contributed by atoms with van der Waals surface area (Å²) in [6, 6.07) is 30.3. The highest BCUT2D eigenvalue weighted by molar-refractivity contribution is 6.06. The number of hydrogen-bond acceptors (Lipinski definition) is 2. The van der Waals surface area contributed by atoms with E-state index < -0.39 is 0 Å². The maximum atomic E-state index is 4.53. The average Bonchev–Trinajstić information content (AvgIpc) is 2.88. The summed E-state index contributed by atoms with van der Waals surface area (Å²) in [6.45, 7) is 4.36. The molecule has 0 fully saturated rings. The second kappa shape index (κ2) is 8.24. The molecule has 0 saturated carbocycles. The second-order valence-electron chi connectivity index (χ2n) is 8.80. The van der Waals surface area contributed by atoms with Crippen LogP contribution in [-0.4, -0.2) is 9.97 Å². The van der Waals surface area contributed by atoms with E-state index in [-0.39, 0.29) is 0 Å². The van der Waals surface area contributed by atoms with E-state index in [2.05, 4.69) is 109 Å². The van der Waals surface area contributed by atoms with Crippen LogP contribution in [0.3, 0.4) is 0 Å². The lowest BCUT2D eigenvalue weighted by atomic mass is 9.87. The van der Waals surface area contributed by atoms with Gasteiger partial charge >= 0.3 is 0 Å². The van der Waals surface area contributed by atoms with Crippen LogP contribution in [0.15, 0.2) is 110 Å². The minimum Gasteiger partial charge on any atom is -0.264 e. The van der Waals surface area contributed by atoms with Crippen LogP contribution in [0.2, 0.25) is 0 Å². The second-order valence-corrected chi connectivity index (χ2v) is 8.80. The van der Waals surface area contributed by atoms with Gasteiger partial charge < -0.3 is 0 Å². The van der Waals surface area contributed by atoms with Crippen LogP contribution in [0.25, 0.3) is 54.9 Å². The van der Waals surface area contributed by atoms with Crippen LogP contribution >= 0.6 is 0 Å². The molecule has 0 bridgehead atoms. The van der Waals surface area contributed by atoms with Crippen molar-refractivity contribution in [2.24, 2.45) is 0 Å². The molecule has 0 saturated heterocycles. The standard InChI is InChI=1S/C32H24N2/c1-21-7-3-9-23-11-5-13-27(31(21)23)29-19-33-17-15-25(29)26-16-18-34-20-30(26)28-14-6-12-24-10-4-8-22(2)32(24)28/h3-20H,1-2H3. The van der Waals surface area contributed by atoms with Gasteiger partial charge in [-0.3, -0.25) is 9.97 Å². The van der Waals surface area contributed by atoms with Crippen molar-refractivity contribution in [2.75, 3.05) is 0 Å². The number of hydrogen-bond donors (Lipinski definition) is 0. The van der Waals surface area contributed by atoms with E-state index in [4.69, 9.17) is 0 Å². The number of rotatable bonds is 3. The first-order valence-electron chi connectivity index (χ1n) is 11.6. The molecule has 0 spiro atoms. The van der Waals surface area contributed by atoms with Gasteiger partial charge in [0.2, 0.25) is 0 Å². The van der Waals surface area contributed by atoms with Crippen molar-refractivity contribution in [2.45, 2.75) is 13.8 Å². The number of aryl methyl sites for hydroxylation is 2. The fraction of sp³-hybridized carbons (Fsp3) is 0.0625. The fourth-order valence-corrected chi connectivity index (χ4v) is 5.19. The quantitative estimate of drug-likeness (QED) is 0.278. The van der Waals surface area contributed by atoms with E-state index in [1.54, 1.807) is 0 Å². The predicted octanol–water partition coefficient (Wildman–Crippen LogP) is 8.40. The van der Waals surface area contributed by atoms with Gasteiger partial charge in [-0.25, -0.2) is 0 Å². The van der Waals surface area contributed by atoms with Gasteiger partial charge in [0.05, 0.1) is 0 Å². The Morgan fingerprint density at radius 2 is 0.824 bits per heavy atom. The lowest BCUT2D eigenvalue weighted by Gasteiger charge is -2.17. The Labute approximate surface area is 199 Å². The summed E-state index contributed by atoms with van der Waals surface area (Å²) in [7, 11) is 0. The maximum absolute atomic E-state index is 4.53. The molecule has 162 valence electrons. The SMILES string of the molecule is Cc1cccc2cccc(-c3cnccc3-c3ccncc3-c3cccc4cccc(C)c34)c12. The molecule has 0 N–H and O–H groups in total. The van der Waals surface area contributed by atoms with Crippen LogP contribution in [0.5, 0.6) is 0 Å². The average molecular weight is 437 g/mol. The molecule has 0 aliphatic heterocycles. The van der Waals surface area contributed by atoms with Crippen LogP contribution in [0, 0.1) is 13.8 Å². The van der Waals surface area contributed by atoms with Gasteiger partial charge in [-0.05, 0) is 80.9 Å². The predicted molar refractivity (Wildman–Crippen MR) is 143 cm³/mol. The number of nitrogens with zero attached hydrogens (tertiary/aromatic N) is 2. The summed E-state index contributed by atoms with van der Waals surface area (Å²) in [5.41, 5.74) is 9.53. The molecule has 0 radical (unpaired) electrons. The first-order valence-corrected chi connectivity index (χ1v) is 11.6. The highest BCUT2D eigenvalue weighted by Crippen LogP contribution is 2.42. The Morgan fingerprint density at radius 3 is 1.26 bits per heavy atom. The van der Waals surface area contributed by atoms with Crippen molar-refractivity contribution in [3.8, 4) is 33.4 Å². The summed E-state index contributed by atoms with van der Waals surface area (Å²) in [6.07, 6.45) is 7.76. The van der Waals surface area contributed by atoms with Crippen molar-refractivity contribution in [3.63, 3.8) is 0 Å². The molecule has 0 aliphatic rings. The van der Waals surface area contributed by atoms with E-state index in [1.165, 1.54) is 43.8 Å². The van der Waals surface area contributed by atoms with Gasteiger partial charge in [0, 0.05) is 35.9 Å². The van der Waals surface area contributed by atoms with Crippen LogP contribution in [0.4, 0.5) is 0 Å². The first-order chi connectivity index (χ1) is 16.7. The summed E-state index contributed by atoms with van der Waals surface area (Å²) < 4.78 is 0. The molecule has 6 aromatic rings. The Balaban J connectivity index is 1.65. The van der Waals surface area contributed by atoms with Crippen molar-refractivity contribution < 1.29 is 0 Å². The monoisotopic (exact) mass is 436 g/mol. The highest BCUT2D eigenvalue weighted by atomic mass is 14.6. The van der Waals surface area contributed by atoms with Gasteiger partial charge in [0.1, 0.15) is 0 Å². The molecule has 0 atom stereocenters. The molecular weight excluding hydrogens is 412 g/mol. The van der Waals surface area contributed by atoms with E-state index in [0.717, 1.165) is 22.3 Å². The molecule has 2 aromatic heterocycles. The van der Waals surface area contributed by atoms with Crippen LogP contribution in [-0.2, 0) is 0 Å². The number of pyridine rings is 2.